The molecule has 0 radical (unpaired) electrons. The summed E-state index contributed by atoms with van der Waals surface area (Å²) < 4.78 is 28.4. The first-order valence-corrected chi connectivity index (χ1v) is 15.3. The molecule has 1 fully saturated rings. The molecular formula is C27H36N2O3S2. The van der Waals surface area contributed by atoms with Crippen LogP contribution in [0.2, 0.25) is 0 Å². The summed E-state index contributed by atoms with van der Waals surface area (Å²) >= 11 is 2.02. The number of nitrogens with zero attached hydrogens (tertiary/aromatic N) is 2. The maximum Gasteiger partial charge on any atom is 0.261 e. The molecule has 7 heteroatoms. The summed E-state index contributed by atoms with van der Waals surface area (Å²) in [5, 5.41) is 1.56. The first kappa shape index (κ1) is 25.3. The van der Waals surface area contributed by atoms with Crippen LogP contribution in [-0.4, -0.2) is 59.8 Å². The monoisotopic (exact) mass is 500 g/mol. The Morgan fingerprint density at radius 2 is 1.85 bits per heavy atom. The zero-order chi connectivity index (χ0) is 24.3. The number of hydrogen-bond acceptors (Lipinski definition) is 4. The number of fused-ring (bicyclic) bond motifs is 2. The first-order chi connectivity index (χ1) is 16.3. The van der Waals surface area contributed by atoms with Crippen LogP contribution in [0.25, 0.3) is 10.9 Å². The van der Waals surface area contributed by atoms with E-state index < -0.39 is 10.1 Å². The Kier molecular flexibility index (Phi) is 8.08. The number of thioether (sulfide) groups is 1. The Labute approximate surface area is 208 Å². The molecule has 34 heavy (non-hydrogen) atoms. The van der Waals surface area contributed by atoms with Crippen LogP contribution in [0.5, 0.6) is 0 Å². The number of piperidine rings is 1. The average molecular weight is 501 g/mol. The van der Waals surface area contributed by atoms with Crippen molar-refractivity contribution in [1.82, 2.24) is 9.47 Å². The van der Waals surface area contributed by atoms with Gasteiger partial charge in [-0.1, -0.05) is 49.4 Å². The molecule has 1 aromatic heterocycles. The maximum absolute atomic E-state index is 9.19. The van der Waals surface area contributed by atoms with Crippen LogP contribution in [0.4, 0.5) is 0 Å². The molecule has 0 amide bonds. The molecule has 2 heterocycles. The predicted octanol–water partition coefficient (Wildman–Crippen LogP) is 5.30. The lowest BCUT2D eigenvalue weighted by Crippen LogP contribution is -2.50. The number of hydrogen-bond donors (Lipinski definition) is 1. The van der Waals surface area contributed by atoms with Gasteiger partial charge in [0.2, 0.25) is 0 Å². The van der Waals surface area contributed by atoms with E-state index >= 15 is 0 Å². The van der Waals surface area contributed by atoms with Gasteiger partial charge in [0.1, 0.15) is 0 Å². The Morgan fingerprint density at radius 1 is 1.12 bits per heavy atom. The Bertz CT molecular complexity index is 1200. The second kappa shape index (κ2) is 10.9. The van der Waals surface area contributed by atoms with Gasteiger partial charge < -0.3 is 4.57 Å². The smallest absolute Gasteiger partial charge is 0.261 e. The largest absolute Gasteiger partial charge is 0.343 e. The van der Waals surface area contributed by atoms with E-state index in [1.807, 2.05) is 11.8 Å². The van der Waals surface area contributed by atoms with Crippen molar-refractivity contribution in [2.75, 3.05) is 31.4 Å². The molecule has 184 valence electrons. The van der Waals surface area contributed by atoms with Crippen LogP contribution < -0.4 is 0 Å². The van der Waals surface area contributed by atoms with Crippen molar-refractivity contribution in [3.05, 3.63) is 71.4 Å². The van der Waals surface area contributed by atoms with Crippen molar-refractivity contribution in [2.45, 2.75) is 44.7 Å². The topological polar surface area (TPSA) is 62.5 Å². The summed E-state index contributed by atoms with van der Waals surface area (Å²) in [5.74, 6) is 2.80. The molecule has 2 aliphatic rings. The molecule has 1 unspecified atom stereocenters. The van der Waals surface area contributed by atoms with Crippen LogP contribution in [0, 0.1) is 5.92 Å². The van der Waals surface area contributed by atoms with E-state index in [2.05, 4.69) is 77.4 Å². The number of benzene rings is 2. The summed E-state index contributed by atoms with van der Waals surface area (Å²) in [6.45, 7) is 5.82. The molecule has 0 bridgehead atoms. The Morgan fingerprint density at radius 3 is 2.53 bits per heavy atom. The second-order valence-electron chi connectivity index (χ2n) is 9.67. The summed E-state index contributed by atoms with van der Waals surface area (Å²) in [6.07, 6.45) is 9.25. The van der Waals surface area contributed by atoms with Gasteiger partial charge in [-0.25, -0.2) is 0 Å². The zero-order valence-electron chi connectivity index (χ0n) is 20.4. The molecule has 0 saturated carbocycles. The lowest BCUT2D eigenvalue weighted by Gasteiger charge is -2.47. The fourth-order valence-electron chi connectivity index (χ4n) is 5.89. The molecule has 3 aromatic rings. The van der Waals surface area contributed by atoms with Gasteiger partial charge in [0.05, 0.1) is 6.26 Å². The van der Waals surface area contributed by atoms with Crippen molar-refractivity contribution in [3.63, 3.8) is 0 Å². The van der Waals surface area contributed by atoms with Crippen LogP contribution in [-0.2, 0) is 23.1 Å². The van der Waals surface area contributed by atoms with Crippen molar-refractivity contribution in [3.8, 4) is 0 Å². The standard InChI is InChI=1S/C26H32N2S.CH4O3S/c1-3-12-27-16-20(18-29-2)13-23-22-10-7-11-24-26(22)21(14-25(23)27)17-28(24)15-19-8-5-4-6-9-19;1-5(2,3)4/h4-11,17,20,23,25H,3,12-16,18H2,1-2H3;1H3,(H,2,3,4)/t20-,23?,25-;/m1./s1. The van der Waals surface area contributed by atoms with E-state index in [9.17, 15) is 8.42 Å². The predicted molar refractivity (Wildman–Crippen MR) is 144 cm³/mol. The van der Waals surface area contributed by atoms with Crippen LogP contribution in [0.1, 0.15) is 42.4 Å². The SMILES string of the molecule is CCCN1C[C@H](CSC)CC2c3cccc4c3c(cn4Cc3ccccc3)C[C@H]21.CS(=O)(=O)O. The lowest BCUT2D eigenvalue weighted by molar-refractivity contribution is 0.0926. The summed E-state index contributed by atoms with van der Waals surface area (Å²) in [4.78, 5) is 2.82. The van der Waals surface area contributed by atoms with Gasteiger partial charge in [-0.05, 0) is 66.5 Å². The van der Waals surface area contributed by atoms with E-state index in [1.165, 1.54) is 49.2 Å². The van der Waals surface area contributed by atoms with Crippen LogP contribution in [0.15, 0.2) is 54.7 Å². The fraction of sp³-hybridized carbons (Fsp3) is 0.481. The van der Waals surface area contributed by atoms with Gasteiger partial charge in [-0.15, -0.1) is 0 Å². The number of rotatable bonds is 6. The highest BCUT2D eigenvalue weighted by Crippen LogP contribution is 2.45. The van der Waals surface area contributed by atoms with Gasteiger partial charge in [0.25, 0.3) is 10.1 Å². The minimum Gasteiger partial charge on any atom is -0.343 e. The molecule has 1 saturated heterocycles. The number of likely N-dealkylation sites (tertiary alicyclic amines) is 1. The molecule has 0 spiro atoms. The third-order valence-electron chi connectivity index (χ3n) is 6.97. The van der Waals surface area contributed by atoms with Crippen molar-refractivity contribution >= 4 is 32.8 Å². The third-order valence-corrected chi connectivity index (χ3v) is 7.77. The molecular weight excluding hydrogens is 464 g/mol. The number of aromatic nitrogens is 1. The Hall–Kier alpha value is -1.80. The fourth-order valence-corrected chi connectivity index (χ4v) is 6.60. The molecule has 3 atom stereocenters. The van der Waals surface area contributed by atoms with Gasteiger partial charge in [-0.2, -0.15) is 20.2 Å². The minimum atomic E-state index is -3.67. The van der Waals surface area contributed by atoms with Crippen molar-refractivity contribution in [1.29, 1.82) is 0 Å². The van der Waals surface area contributed by atoms with Crippen LogP contribution >= 0.6 is 11.8 Å². The van der Waals surface area contributed by atoms with E-state index in [-0.39, 0.29) is 0 Å². The van der Waals surface area contributed by atoms with Gasteiger partial charge in [0, 0.05) is 42.1 Å². The average Bonchev–Trinajstić information content (AvgIpc) is 3.13. The first-order valence-electron chi connectivity index (χ1n) is 12.1. The Balaban J connectivity index is 0.000000499. The van der Waals surface area contributed by atoms with E-state index in [0.29, 0.717) is 18.2 Å². The van der Waals surface area contributed by atoms with E-state index in [0.717, 1.165) is 12.5 Å². The molecule has 5 rings (SSSR count). The van der Waals surface area contributed by atoms with Crippen LogP contribution in [0.3, 0.4) is 0 Å². The summed E-state index contributed by atoms with van der Waals surface area (Å²) in [7, 11) is -3.67. The van der Waals surface area contributed by atoms with Gasteiger partial charge >= 0.3 is 0 Å². The van der Waals surface area contributed by atoms with Crippen molar-refractivity contribution in [2.24, 2.45) is 5.92 Å². The lowest BCUT2D eigenvalue weighted by atomic mass is 9.72. The minimum absolute atomic E-state index is 0.679. The highest BCUT2D eigenvalue weighted by molar-refractivity contribution is 7.98. The summed E-state index contributed by atoms with van der Waals surface area (Å²) in [6, 6.07) is 18.6. The normalized spacial score (nSPS) is 22.2. The van der Waals surface area contributed by atoms with Gasteiger partial charge in [-0.3, -0.25) is 9.45 Å². The summed E-state index contributed by atoms with van der Waals surface area (Å²) in [5.41, 5.74) is 5.99. The van der Waals surface area contributed by atoms with E-state index in [4.69, 9.17) is 4.55 Å². The van der Waals surface area contributed by atoms with E-state index in [1.54, 1.807) is 16.5 Å². The van der Waals surface area contributed by atoms with Crippen molar-refractivity contribution < 1.29 is 13.0 Å². The quantitative estimate of drug-likeness (QED) is 0.466. The highest BCUT2D eigenvalue weighted by atomic mass is 32.2. The molecule has 5 nitrogen and oxygen atoms in total. The maximum atomic E-state index is 9.19. The highest BCUT2D eigenvalue weighted by Gasteiger charge is 2.40. The molecule has 1 N–H and O–H groups in total. The third kappa shape index (κ3) is 5.88. The second-order valence-corrected chi connectivity index (χ2v) is 12.0. The zero-order valence-corrected chi connectivity index (χ0v) is 22.0. The van der Waals surface area contributed by atoms with Gasteiger partial charge in [0.15, 0.2) is 0 Å². The molecule has 1 aliphatic carbocycles. The molecule has 1 aliphatic heterocycles. The molecule has 2 aromatic carbocycles.